The highest BCUT2D eigenvalue weighted by molar-refractivity contribution is 8.00. The molecule has 1 aliphatic rings. The Morgan fingerprint density at radius 3 is 2.41 bits per heavy atom. The standard InChI is InChI=1S/C23H18N4O4S/c28-21-15-32-23(18-4-2-1-3-5-18)26(21)19-12-8-17(9-13-19)22(29)25-24-14-16-6-10-20(11-7-16)27(30)31/h1-14,23H,15H2,(H,25,29)/b24-14+. The number of nitrogens with zero attached hydrogens (tertiary/aromatic N) is 3. The molecule has 9 heteroatoms. The molecule has 32 heavy (non-hydrogen) atoms. The molecule has 0 bridgehead atoms. The van der Waals surface area contributed by atoms with Crippen LogP contribution in [0, 0.1) is 10.1 Å². The Hall–Kier alpha value is -3.98. The maximum absolute atomic E-state index is 12.5. The fraction of sp³-hybridized carbons (Fsp3) is 0.0870. The van der Waals surface area contributed by atoms with Crippen LogP contribution in [0.15, 0.2) is 84.0 Å². The summed E-state index contributed by atoms with van der Waals surface area (Å²) in [4.78, 5) is 36.8. The van der Waals surface area contributed by atoms with Crippen molar-refractivity contribution in [2.75, 3.05) is 10.7 Å². The summed E-state index contributed by atoms with van der Waals surface area (Å²) in [7, 11) is 0. The van der Waals surface area contributed by atoms with Crippen LogP contribution in [0.5, 0.6) is 0 Å². The van der Waals surface area contributed by atoms with Gasteiger partial charge in [-0.3, -0.25) is 24.6 Å². The number of carbonyl (C=O) groups excluding carboxylic acids is 2. The Morgan fingerprint density at radius 2 is 1.75 bits per heavy atom. The maximum Gasteiger partial charge on any atom is 0.271 e. The van der Waals surface area contributed by atoms with E-state index in [4.69, 9.17) is 0 Å². The zero-order valence-electron chi connectivity index (χ0n) is 16.8. The van der Waals surface area contributed by atoms with E-state index in [-0.39, 0.29) is 17.0 Å². The molecular weight excluding hydrogens is 428 g/mol. The van der Waals surface area contributed by atoms with Crippen LogP contribution >= 0.6 is 11.8 Å². The highest BCUT2D eigenvalue weighted by Gasteiger charge is 2.33. The van der Waals surface area contributed by atoms with Crippen LogP contribution in [0.3, 0.4) is 0 Å². The van der Waals surface area contributed by atoms with Gasteiger partial charge >= 0.3 is 0 Å². The van der Waals surface area contributed by atoms with E-state index in [2.05, 4.69) is 10.5 Å². The molecule has 1 fully saturated rings. The average molecular weight is 446 g/mol. The van der Waals surface area contributed by atoms with Gasteiger partial charge in [-0.15, -0.1) is 11.8 Å². The van der Waals surface area contributed by atoms with Crippen LogP contribution in [0.1, 0.15) is 26.9 Å². The van der Waals surface area contributed by atoms with Gasteiger partial charge in [-0.25, -0.2) is 5.43 Å². The van der Waals surface area contributed by atoms with Crippen molar-refractivity contribution in [1.29, 1.82) is 0 Å². The van der Waals surface area contributed by atoms with Crippen LogP contribution in [0.25, 0.3) is 0 Å². The van der Waals surface area contributed by atoms with Crippen molar-refractivity contribution in [2.45, 2.75) is 5.37 Å². The zero-order chi connectivity index (χ0) is 22.5. The molecular formula is C23H18N4O4S. The number of hydrogen-bond donors (Lipinski definition) is 1. The van der Waals surface area contributed by atoms with Crippen molar-refractivity contribution in [3.8, 4) is 0 Å². The van der Waals surface area contributed by atoms with Crippen LogP contribution < -0.4 is 10.3 Å². The molecule has 1 atom stereocenters. The molecule has 0 aliphatic carbocycles. The highest BCUT2D eigenvalue weighted by Crippen LogP contribution is 2.41. The molecule has 1 N–H and O–H groups in total. The van der Waals surface area contributed by atoms with E-state index < -0.39 is 10.8 Å². The number of benzene rings is 3. The average Bonchev–Trinajstić information content (AvgIpc) is 3.21. The first-order chi connectivity index (χ1) is 15.5. The largest absolute Gasteiger partial charge is 0.295 e. The van der Waals surface area contributed by atoms with Gasteiger partial charge < -0.3 is 0 Å². The Labute approximate surface area is 188 Å². The summed E-state index contributed by atoms with van der Waals surface area (Å²) in [6.07, 6.45) is 1.40. The van der Waals surface area contributed by atoms with E-state index >= 15 is 0 Å². The number of rotatable bonds is 6. The number of amides is 2. The summed E-state index contributed by atoms with van der Waals surface area (Å²) in [5.74, 6) is 0.0179. The smallest absolute Gasteiger partial charge is 0.271 e. The topological polar surface area (TPSA) is 105 Å². The van der Waals surface area contributed by atoms with Gasteiger partial charge in [0.15, 0.2) is 0 Å². The highest BCUT2D eigenvalue weighted by atomic mass is 32.2. The third-order valence-electron chi connectivity index (χ3n) is 4.84. The van der Waals surface area contributed by atoms with Crippen molar-refractivity contribution < 1.29 is 14.5 Å². The third kappa shape index (κ3) is 4.68. The second-order valence-corrected chi connectivity index (χ2v) is 8.00. The van der Waals surface area contributed by atoms with Crippen molar-refractivity contribution in [3.05, 3.63) is 106 Å². The fourth-order valence-corrected chi connectivity index (χ4v) is 4.43. The van der Waals surface area contributed by atoms with Crippen LogP contribution in [-0.2, 0) is 4.79 Å². The molecule has 1 saturated heterocycles. The van der Waals surface area contributed by atoms with Crippen molar-refractivity contribution in [3.63, 3.8) is 0 Å². The lowest BCUT2D eigenvalue weighted by Crippen LogP contribution is -2.28. The van der Waals surface area contributed by atoms with Gasteiger partial charge in [0.25, 0.3) is 11.6 Å². The molecule has 160 valence electrons. The van der Waals surface area contributed by atoms with Gasteiger partial charge in [0.2, 0.25) is 5.91 Å². The number of thioether (sulfide) groups is 1. The molecule has 1 heterocycles. The summed E-state index contributed by atoms with van der Waals surface area (Å²) in [5.41, 5.74) is 5.19. The minimum Gasteiger partial charge on any atom is -0.295 e. The number of nitro groups is 1. The molecule has 3 aromatic carbocycles. The van der Waals surface area contributed by atoms with Gasteiger partial charge in [0, 0.05) is 23.4 Å². The lowest BCUT2D eigenvalue weighted by atomic mass is 10.1. The quantitative estimate of drug-likeness (QED) is 0.348. The van der Waals surface area contributed by atoms with Crippen LogP contribution in [0.4, 0.5) is 11.4 Å². The number of anilines is 1. The SMILES string of the molecule is O=C(N/N=C/c1ccc([N+](=O)[O-])cc1)c1ccc(N2C(=O)CSC2c2ccccc2)cc1. The molecule has 8 nitrogen and oxygen atoms in total. The molecule has 2 amide bonds. The van der Waals surface area contributed by atoms with Gasteiger partial charge in [0.05, 0.1) is 16.9 Å². The molecule has 0 aromatic heterocycles. The first-order valence-corrected chi connectivity index (χ1v) is 10.7. The molecule has 0 radical (unpaired) electrons. The Kier molecular flexibility index (Phi) is 6.27. The summed E-state index contributed by atoms with van der Waals surface area (Å²) < 4.78 is 0. The van der Waals surface area contributed by atoms with E-state index in [1.165, 1.54) is 30.5 Å². The van der Waals surface area contributed by atoms with Gasteiger partial charge in [-0.1, -0.05) is 30.3 Å². The van der Waals surface area contributed by atoms with Gasteiger partial charge in [-0.2, -0.15) is 5.10 Å². The lowest BCUT2D eigenvalue weighted by molar-refractivity contribution is -0.384. The summed E-state index contributed by atoms with van der Waals surface area (Å²) in [6, 6.07) is 22.4. The maximum atomic E-state index is 12.5. The predicted octanol–water partition coefficient (Wildman–Crippen LogP) is 4.14. The van der Waals surface area contributed by atoms with E-state index in [0.29, 0.717) is 16.9 Å². The Morgan fingerprint density at radius 1 is 1.06 bits per heavy atom. The van der Waals surface area contributed by atoms with E-state index in [1.54, 1.807) is 40.9 Å². The summed E-state index contributed by atoms with van der Waals surface area (Å²) in [5, 5.41) is 14.5. The van der Waals surface area contributed by atoms with Crippen molar-refractivity contribution in [2.24, 2.45) is 5.10 Å². The number of hydrogen-bond acceptors (Lipinski definition) is 6. The molecule has 3 aromatic rings. The fourth-order valence-electron chi connectivity index (χ4n) is 3.25. The normalized spacial score (nSPS) is 15.8. The minimum absolute atomic E-state index is 0.0179. The first kappa shape index (κ1) is 21.3. The summed E-state index contributed by atoms with van der Waals surface area (Å²) in [6.45, 7) is 0. The van der Waals surface area contributed by atoms with E-state index in [1.807, 2.05) is 30.3 Å². The molecule has 1 unspecified atom stereocenters. The lowest BCUT2D eigenvalue weighted by Gasteiger charge is -2.24. The van der Waals surface area contributed by atoms with Crippen molar-refractivity contribution >= 4 is 41.2 Å². The number of carbonyl (C=O) groups is 2. The Bertz CT molecular complexity index is 1160. The first-order valence-electron chi connectivity index (χ1n) is 9.69. The molecule has 4 rings (SSSR count). The van der Waals surface area contributed by atoms with Crippen molar-refractivity contribution in [1.82, 2.24) is 5.43 Å². The van der Waals surface area contributed by atoms with Gasteiger partial charge in [0.1, 0.15) is 5.37 Å². The zero-order valence-corrected chi connectivity index (χ0v) is 17.6. The van der Waals surface area contributed by atoms with Crippen LogP contribution in [-0.4, -0.2) is 28.7 Å². The molecule has 0 spiro atoms. The second-order valence-electron chi connectivity index (χ2n) is 6.93. The van der Waals surface area contributed by atoms with E-state index in [0.717, 1.165) is 11.3 Å². The second kappa shape index (κ2) is 9.44. The summed E-state index contributed by atoms with van der Waals surface area (Å²) >= 11 is 1.57. The predicted molar refractivity (Wildman–Crippen MR) is 124 cm³/mol. The monoisotopic (exact) mass is 446 g/mol. The van der Waals surface area contributed by atoms with Crippen LogP contribution in [0.2, 0.25) is 0 Å². The number of nitro benzene ring substituents is 1. The Balaban J connectivity index is 1.42. The minimum atomic E-state index is -0.483. The molecule has 1 aliphatic heterocycles. The number of hydrazone groups is 1. The molecule has 0 saturated carbocycles. The number of nitrogens with one attached hydrogen (secondary N) is 1. The number of non-ortho nitro benzene ring substituents is 1. The van der Waals surface area contributed by atoms with Gasteiger partial charge in [-0.05, 0) is 47.5 Å². The van der Waals surface area contributed by atoms with E-state index in [9.17, 15) is 19.7 Å². The third-order valence-corrected chi connectivity index (χ3v) is 6.06.